The molecule has 0 atom stereocenters. The van der Waals surface area contributed by atoms with Crippen LogP contribution in [0.25, 0.3) is 0 Å². The topological polar surface area (TPSA) is 48.4 Å². The van der Waals surface area contributed by atoms with E-state index >= 15 is 0 Å². The van der Waals surface area contributed by atoms with Gasteiger partial charge in [-0.25, -0.2) is 9.78 Å². The van der Waals surface area contributed by atoms with Crippen molar-refractivity contribution in [3.63, 3.8) is 0 Å². The zero-order valence-electron chi connectivity index (χ0n) is 10.6. The van der Waals surface area contributed by atoms with Gasteiger partial charge >= 0.3 is 5.97 Å². The molecule has 2 rings (SSSR count). The van der Waals surface area contributed by atoms with Crippen LogP contribution in [-0.4, -0.2) is 25.2 Å². The van der Waals surface area contributed by atoms with E-state index in [1.807, 2.05) is 24.3 Å². The zero-order chi connectivity index (χ0) is 13.7. The Morgan fingerprint density at radius 1 is 1.21 bits per heavy atom. The molecule has 98 valence electrons. The van der Waals surface area contributed by atoms with E-state index in [0.29, 0.717) is 10.6 Å². The Balaban J connectivity index is 2.26. The quantitative estimate of drug-likeness (QED) is 0.803. The fraction of sp³-hybridized carbons (Fsp3) is 0.143. The van der Waals surface area contributed by atoms with Gasteiger partial charge in [0.05, 0.1) is 24.7 Å². The second-order valence-corrected chi connectivity index (χ2v) is 4.69. The van der Waals surface area contributed by atoms with Crippen LogP contribution in [0.2, 0.25) is 0 Å². The van der Waals surface area contributed by atoms with Crippen molar-refractivity contribution in [2.24, 2.45) is 0 Å². The summed E-state index contributed by atoms with van der Waals surface area (Å²) in [5, 5.41) is 0.715. The summed E-state index contributed by atoms with van der Waals surface area (Å²) in [6.45, 7) is 0. The fourth-order valence-corrected chi connectivity index (χ4v) is 2.45. The summed E-state index contributed by atoms with van der Waals surface area (Å²) in [5.41, 5.74) is 0.481. The normalized spacial score (nSPS) is 10.0. The van der Waals surface area contributed by atoms with Gasteiger partial charge in [0.25, 0.3) is 0 Å². The van der Waals surface area contributed by atoms with E-state index in [1.54, 1.807) is 25.4 Å². The van der Waals surface area contributed by atoms with E-state index < -0.39 is 0 Å². The van der Waals surface area contributed by atoms with E-state index in [1.165, 1.54) is 18.9 Å². The Morgan fingerprint density at radius 3 is 2.74 bits per heavy atom. The molecule has 0 bridgehead atoms. The van der Waals surface area contributed by atoms with Gasteiger partial charge in [-0.05, 0) is 24.3 Å². The average molecular weight is 275 g/mol. The van der Waals surface area contributed by atoms with Gasteiger partial charge in [-0.1, -0.05) is 23.9 Å². The molecule has 0 aliphatic carbocycles. The number of nitrogens with zero attached hydrogens (tertiary/aromatic N) is 1. The number of rotatable bonds is 4. The number of carbonyl (C=O) groups is 1. The first-order valence-electron chi connectivity index (χ1n) is 5.60. The molecule has 0 aliphatic heterocycles. The van der Waals surface area contributed by atoms with Gasteiger partial charge in [0.1, 0.15) is 10.8 Å². The smallest absolute Gasteiger partial charge is 0.337 e. The number of benzene rings is 1. The lowest BCUT2D eigenvalue weighted by Crippen LogP contribution is -2.01. The van der Waals surface area contributed by atoms with Crippen LogP contribution in [0.1, 0.15) is 10.4 Å². The van der Waals surface area contributed by atoms with Crippen LogP contribution in [-0.2, 0) is 4.74 Å². The molecule has 0 aliphatic rings. The SMILES string of the molecule is COC(=O)c1ccnc(Sc2ccccc2OC)c1. The number of aromatic nitrogens is 1. The van der Waals surface area contributed by atoms with Gasteiger partial charge in [-0.15, -0.1) is 0 Å². The summed E-state index contributed by atoms with van der Waals surface area (Å²) >= 11 is 1.44. The lowest BCUT2D eigenvalue weighted by atomic mass is 10.3. The van der Waals surface area contributed by atoms with E-state index in [0.717, 1.165) is 10.6 Å². The molecule has 2 aromatic rings. The maximum Gasteiger partial charge on any atom is 0.337 e. The van der Waals surface area contributed by atoms with Gasteiger partial charge in [0.15, 0.2) is 0 Å². The highest BCUT2D eigenvalue weighted by Gasteiger charge is 2.09. The van der Waals surface area contributed by atoms with Crippen LogP contribution in [0.4, 0.5) is 0 Å². The second-order valence-electron chi connectivity index (χ2n) is 3.63. The van der Waals surface area contributed by atoms with Gasteiger partial charge in [-0.3, -0.25) is 0 Å². The molecule has 5 heteroatoms. The number of ether oxygens (including phenoxy) is 2. The van der Waals surface area contributed by atoms with Crippen LogP contribution < -0.4 is 4.74 Å². The third-order valence-corrected chi connectivity index (χ3v) is 3.43. The van der Waals surface area contributed by atoms with Crippen molar-refractivity contribution >= 4 is 17.7 Å². The number of carbonyl (C=O) groups excluding carboxylic acids is 1. The molecule has 4 nitrogen and oxygen atoms in total. The third kappa shape index (κ3) is 3.26. The van der Waals surface area contributed by atoms with E-state index in [-0.39, 0.29) is 5.97 Å². The lowest BCUT2D eigenvalue weighted by molar-refractivity contribution is 0.0600. The molecule has 0 N–H and O–H groups in total. The first kappa shape index (κ1) is 13.4. The molecule has 1 aromatic carbocycles. The second kappa shape index (κ2) is 6.24. The summed E-state index contributed by atoms with van der Waals surface area (Å²) in [4.78, 5) is 16.6. The van der Waals surface area contributed by atoms with E-state index in [2.05, 4.69) is 9.72 Å². The number of pyridine rings is 1. The van der Waals surface area contributed by atoms with Crippen LogP contribution in [0.15, 0.2) is 52.5 Å². The van der Waals surface area contributed by atoms with E-state index in [4.69, 9.17) is 4.74 Å². The minimum absolute atomic E-state index is 0.371. The van der Waals surface area contributed by atoms with Crippen molar-refractivity contribution in [3.8, 4) is 5.75 Å². The largest absolute Gasteiger partial charge is 0.496 e. The summed E-state index contributed by atoms with van der Waals surface area (Å²) in [7, 11) is 2.98. The molecule has 0 unspecified atom stereocenters. The molecule has 19 heavy (non-hydrogen) atoms. The highest BCUT2D eigenvalue weighted by atomic mass is 32.2. The summed E-state index contributed by atoms with van der Waals surface area (Å²) in [6.07, 6.45) is 1.59. The van der Waals surface area contributed by atoms with Crippen molar-refractivity contribution in [1.82, 2.24) is 4.98 Å². The standard InChI is InChI=1S/C14H13NO3S/c1-17-11-5-3-4-6-12(11)19-13-9-10(7-8-15-13)14(16)18-2/h3-9H,1-2H3. The van der Waals surface area contributed by atoms with Crippen molar-refractivity contribution in [2.75, 3.05) is 14.2 Å². The van der Waals surface area contributed by atoms with Gasteiger partial charge in [-0.2, -0.15) is 0 Å². The fourth-order valence-electron chi connectivity index (χ4n) is 1.53. The van der Waals surface area contributed by atoms with Crippen molar-refractivity contribution in [1.29, 1.82) is 0 Å². The van der Waals surface area contributed by atoms with Crippen LogP contribution in [0, 0.1) is 0 Å². The minimum atomic E-state index is -0.371. The molecule has 0 radical (unpaired) electrons. The monoisotopic (exact) mass is 275 g/mol. The van der Waals surface area contributed by atoms with Crippen LogP contribution in [0.3, 0.4) is 0 Å². The first-order valence-corrected chi connectivity index (χ1v) is 6.41. The van der Waals surface area contributed by atoms with Crippen LogP contribution in [0.5, 0.6) is 5.75 Å². The average Bonchev–Trinajstić information content (AvgIpc) is 2.47. The number of methoxy groups -OCH3 is 2. The molecule has 0 saturated heterocycles. The summed E-state index contributed by atoms with van der Waals surface area (Å²) < 4.78 is 9.96. The number of hydrogen-bond acceptors (Lipinski definition) is 5. The van der Waals surface area contributed by atoms with Gasteiger partial charge in [0, 0.05) is 6.20 Å². The summed E-state index contributed by atoms with van der Waals surface area (Å²) in [5.74, 6) is 0.405. The molecule has 1 heterocycles. The summed E-state index contributed by atoms with van der Waals surface area (Å²) in [6, 6.07) is 11.0. The highest BCUT2D eigenvalue weighted by Crippen LogP contribution is 2.33. The maximum atomic E-state index is 11.5. The van der Waals surface area contributed by atoms with Gasteiger partial charge in [0.2, 0.25) is 0 Å². The molecular weight excluding hydrogens is 262 g/mol. The Hall–Kier alpha value is -2.01. The van der Waals surface area contributed by atoms with E-state index in [9.17, 15) is 4.79 Å². The number of para-hydroxylation sites is 1. The minimum Gasteiger partial charge on any atom is -0.496 e. The van der Waals surface area contributed by atoms with Crippen molar-refractivity contribution in [2.45, 2.75) is 9.92 Å². The zero-order valence-corrected chi connectivity index (χ0v) is 11.4. The van der Waals surface area contributed by atoms with Gasteiger partial charge < -0.3 is 9.47 Å². The lowest BCUT2D eigenvalue weighted by Gasteiger charge is -2.07. The molecule has 0 fully saturated rings. The predicted molar refractivity (Wildman–Crippen MR) is 72.7 cm³/mol. The molecule has 1 aromatic heterocycles. The Kier molecular flexibility index (Phi) is 4.41. The maximum absolute atomic E-state index is 11.5. The van der Waals surface area contributed by atoms with Crippen molar-refractivity contribution < 1.29 is 14.3 Å². The van der Waals surface area contributed by atoms with Crippen molar-refractivity contribution in [3.05, 3.63) is 48.2 Å². The Morgan fingerprint density at radius 2 is 2.00 bits per heavy atom. The van der Waals surface area contributed by atoms with Crippen LogP contribution >= 0.6 is 11.8 Å². The third-order valence-electron chi connectivity index (χ3n) is 2.44. The molecule has 0 amide bonds. The molecule has 0 saturated carbocycles. The highest BCUT2D eigenvalue weighted by molar-refractivity contribution is 7.99. The Labute approximate surface area is 115 Å². The Bertz CT molecular complexity index is 586. The number of esters is 1. The molecular formula is C14H13NO3S. The number of hydrogen-bond donors (Lipinski definition) is 0. The molecule has 0 spiro atoms. The predicted octanol–water partition coefficient (Wildman–Crippen LogP) is 3.03. The first-order chi connectivity index (χ1) is 9.24.